The van der Waals surface area contributed by atoms with E-state index in [9.17, 15) is 18.0 Å². The number of nitrogens with zero attached hydrogens (tertiary/aromatic N) is 2. The molecule has 26 heavy (non-hydrogen) atoms. The summed E-state index contributed by atoms with van der Waals surface area (Å²) in [5.41, 5.74) is 0.270. The predicted octanol–water partition coefficient (Wildman–Crippen LogP) is 4.32. The Balaban J connectivity index is 1.52. The Hall–Kier alpha value is -1.56. The van der Waals surface area contributed by atoms with Gasteiger partial charge in [-0.3, -0.25) is 9.69 Å². The maximum atomic E-state index is 12.7. The fourth-order valence-electron chi connectivity index (χ4n) is 4.01. The zero-order chi connectivity index (χ0) is 18.6. The zero-order valence-electron chi connectivity index (χ0n) is 15.1. The van der Waals surface area contributed by atoms with Gasteiger partial charge in [0.2, 0.25) is 5.91 Å². The Morgan fingerprint density at radius 2 is 1.62 bits per heavy atom. The minimum absolute atomic E-state index is 0.199. The third kappa shape index (κ3) is 5.00. The number of carbonyl (C=O) groups excluding carboxylic acids is 1. The van der Waals surface area contributed by atoms with Gasteiger partial charge in [0.05, 0.1) is 5.56 Å². The van der Waals surface area contributed by atoms with Crippen molar-refractivity contribution < 1.29 is 18.0 Å². The van der Waals surface area contributed by atoms with Crippen LogP contribution in [0.3, 0.4) is 0 Å². The molecule has 2 fully saturated rings. The highest BCUT2D eigenvalue weighted by molar-refractivity contribution is 5.79. The van der Waals surface area contributed by atoms with Gasteiger partial charge in [-0.2, -0.15) is 13.2 Å². The van der Waals surface area contributed by atoms with Crippen molar-refractivity contribution in [3.8, 4) is 0 Å². The van der Waals surface area contributed by atoms with Crippen LogP contribution in [-0.4, -0.2) is 41.9 Å². The maximum Gasteiger partial charge on any atom is 0.416 e. The highest BCUT2D eigenvalue weighted by atomic mass is 19.4. The van der Waals surface area contributed by atoms with Gasteiger partial charge in [0.1, 0.15) is 0 Å². The molecule has 3 rings (SSSR count). The summed E-state index contributed by atoms with van der Waals surface area (Å²) in [4.78, 5) is 16.9. The number of alkyl halides is 3. The Labute approximate surface area is 153 Å². The van der Waals surface area contributed by atoms with Crippen molar-refractivity contribution in [2.45, 2.75) is 51.2 Å². The Kier molecular flexibility index (Phi) is 6.22. The average Bonchev–Trinajstić information content (AvgIpc) is 2.87. The highest BCUT2D eigenvalue weighted by Gasteiger charge is 2.30. The highest BCUT2D eigenvalue weighted by Crippen LogP contribution is 2.29. The molecule has 0 aromatic heterocycles. The van der Waals surface area contributed by atoms with Crippen LogP contribution in [0.1, 0.15) is 49.7 Å². The van der Waals surface area contributed by atoms with Gasteiger partial charge in [0.15, 0.2) is 0 Å². The maximum absolute atomic E-state index is 12.7. The van der Waals surface area contributed by atoms with Crippen LogP contribution in [0.5, 0.6) is 0 Å². The van der Waals surface area contributed by atoms with E-state index in [2.05, 4.69) is 4.90 Å². The fourth-order valence-corrected chi connectivity index (χ4v) is 4.01. The molecule has 1 heterocycles. The molecule has 1 aromatic rings. The van der Waals surface area contributed by atoms with Gasteiger partial charge in [-0.15, -0.1) is 0 Å². The lowest BCUT2D eigenvalue weighted by Gasteiger charge is -2.28. The van der Waals surface area contributed by atoms with Crippen LogP contribution in [0.15, 0.2) is 24.3 Å². The van der Waals surface area contributed by atoms with E-state index in [0.29, 0.717) is 12.5 Å². The van der Waals surface area contributed by atoms with Crippen molar-refractivity contribution in [3.05, 3.63) is 35.4 Å². The van der Waals surface area contributed by atoms with E-state index in [1.165, 1.54) is 6.42 Å². The molecular weight excluding hydrogens is 341 g/mol. The van der Waals surface area contributed by atoms with Crippen LogP contribution in [-0.2, 0) is 17.5 Å². The molecule has 1 aromatic carbocycles. The minimum Gasteiger partial charge on any atom is -0.341 e. The van der Waals surface area contributed by atoms with Gasteiger partial charge >= 0.3 is 6.18 Å². The summed E-state index contributed by atoms with van der Waals surface area (Å²) >= 11 is 0. The van der Waals surface area contributed by atoms with Crippen LogP contribution in [0, 0.1) is 5.92 Å². The monoisotopic (exact) mass is 368 g/mol. The van der Waals surface area contributed by atoms with Crippen LogP contribution >= 0.6 is 0 Å². The van der Waals surface area contributed by atoms with E-state index >= 15 is 0 Å². The molecule has 2 aliphatic rings. The van der Waals surface area contributed by atoms with Crippen molar-refractivity contribution in [2.24, 2.45) is 5.92 Å². The van der Waals surface area contributed by atoms with Gasteiger partial charge in [0.25, 0.3) is 0 Å². The molecule has 0 bridgehead atoms. The summed E-state index contributed by atoms with van der Waals surface area (Å²) in [5, 5.41) is 0. The van der Waals surface area contributed by atoms with Crippen molar-refractivity contribution in [3.63, 3.8) is 0 Å². The third-order valence-electron chi connectivity index (χ3n) is 5.54. The number of amides is 1. The topological polar surface area (TPSA) is 23.6 Å². The van der Waals surface area contributed by atoms with Gasteiger partial charge in [0, 0.05) is 38.6 Å². The number of benzene rings is 1. The quantitative estimate of drug-likeness (QED) is 0.793. The van der Waals surface area contributed by atoms with Crippen LogP contribution in [0.2, 0.25) is 0 Å². The molecule has 3 nitrogen and oxygen atoms in total. The molecule has 1 aliphatic carbocycles. The second-order valence-corrected chi connectivity index (χ2v) is 7.48. The molecule has 0 atom stereocenters. The number of hydrogen-bond acceptors (Lipinski definition) is 2. The van der Waals surface area contributed by atoms with E-state index in [0.717, 1.165) is 76.0 Å². The van der Waals surface area contributed by atoms with Crippen molar-refractivity contribution in [2.75, 3.05) is 26.2 Å². The van der Waals surface area contributed by atoms with Gasteiger partial charge in [-0.25, -0.2) is 0 Å². The van der Waals surface area contributed by atoms with Crippen molar-refractivity contribution in [1.82, 2.24) is 9.80 Å². The van der Waals surface area contributed by atoms with Gasteiger partial charge in [-0.1, -0.05) is 31.4 Å². The standard InChI is InChI=1S/C20H27F3N2O/c21-20(22,23)18-9-7-16(8-10-18)15-24-11-4-12-25(14-13-24)19(26)17-5-2-1-3-6-17/h7-10,17H,1-6,11-15H2. The second-order valence-electron chi connectivity index (χ2n) is 7.48. The zero-order valence-corrected chi connectivity index (χ0v) is 15.1. The smallest absolute Gasteiger partial charge is 0.341 e. The fraction of sp³-hybridized carbons (Fsp3) is 0.650. The van der Waals surface area contributed by atoms with Gasteiger partial charge < -0.3 is 4.90 Å². The largest absolute Gasteiger partial charge is 0.416 e. The van der Waals surface area contributed by atoms with E-state index in [1.807, 2.05) is 4.90 Å². The van der Waals surface area contributed by atoms with E-state index in [1.54, 1.807) is 12.1 Å². The van der Waals surface area contributed by atoms with E-state index in [-0.39, 0.29) is 5.92 Å². The first-order chi connectivity index (χ1) is 12.4. The van der Waals surface area contributed by atoms with Crippen molar-refractivity contribution >= 4 is 5.91 Å². The Bertz CT molecular complexity index is 594. The summed E-state index contributed by atoms with van der Waals surface area (Å²) < 4.78 is 38.0. The summed E-state index contributed by atoms with van der Waals surface area (Å²) in [6, 6.07) is 5.40. The van der Waals surface area contributed by atoms with Crippen LogP contribution in [0.25, 0.3) is 0 Å². The van der Waals surface area contributed by atoms with Crippen LogP contribution in [0.4, 0.5) is 13.2 Å². The van der Waals surface area contributed by atoms with Gasteiger partial charge in [-0.05, 0) is 37.0 Å². The molecule has 0 N–H and O–H groups in total. The molecular formula is C20H27F3N2O. The SMILES string of the molecule is O=C(C1CCCCC1)N1CCCN(Cc2ccc(C(F)(F)F)cc2)CC1. The lowest BCUT2D eigenvalue weighted by Crippen LogP contribution is -2.39. The molecule has 1 saturated heterocycles. The van der Waals surface area contributed by atoms with E-state index in [4.69, 9.17) is 0 Å². The Morgan fingerprint density at radius 3 is 2.27 bits per heavy atom. The first kappa shape index (κ1) is 19.2. The summed E-state index contributed by atoms with van der Waals surface area (Å²) in [5.74, 6) is 0.506. The number of rotatable bonds is 3. The predicted molar refractivity (Wildman–Crippen MR) is 94.5 cm³/mol. The molecule has 1 saturated carbocycles. The number of halogens is 3. The summed E-state index contributed by atoms with van der Waals surface area (Å²) in [6.07, 6.45) is 2.22. The second kappa shape index (κ2) is 8.42. The summed E-state index contributed by atoms with van der Waals surface area (Å²) in [6.45, 7) is 3.79. The minimum atomic E-state index is -4.29. The Morgan fingerprint density at radius 1 is 0.923 bits per heavy atom. The molecule has 6 heteroatoms. The van der Waals surface area contributed by atoms with Crippen LogP contribution < -0.4 is 0 Å². The lowest BCUT2D eigenvalue weighted by atomic mass is 9.88. The molecule has 0 unspecified atom stereocenters. The van der Waals surface area contributed by atoms with E-state index < -0.39 is 11.7 Å². The number of hydrogen-bond donors (Lipinski definition) is 0. The molecule has 0 spiro atoms. The average molecular weight is 368 g/mol. The number of carbonyl (C=O) groups is 1. The van der Waals surface area contributed by atoms with Crippen molar-refractivity contribution in [1.29, 1.82) is 0 Å². The molecule has 0 radical (unpaired) electrons. The first-order valence-electron chi connectivity index (χ1n) is 9.61. The molecule has 1 amide bonds. The summed E-state index contributed by atoms with van der Waals surface area (Å²) in [7, 11) is 0. The normalized spacial score (nSPS) is 20.8. The lowest BCUT2D eigenvalue weighted by molar-refractivity contribution is -0.138. The molecule has 1 aliphatic heterocycles. The first-order valence-corrected chi connectivity index (χ1v) is 9.61. The molecule has 144 valence electrons. The third-order valence-corrected chi connectivity index (χ3v) is 5.54.